The molecule has 62 valence electrons. The molecule has 0 spiro atoms. The van der Waals surface area contributed by atoms with Crippen molar-refractivity contribution >= 4 is 5.84 Å². The van der Waals surface area contributed by atoms with Crippen molar-refractivity contribution < 1.29 is 0 Å². The average Bonchev–Trinajstić information content (AvgIpc) is 2.38. The molecule has 0 fully saturated rings. The zero-order valence-corrected chi connectivity index (χ0v) is 6.71. The molecule has 0 amide bonds. The summed E-state index contributed by atoms with van der Waals surface area (Å²) < 4.78 is 0. The van der Waals surface area contributed by atoms with Gasteiger partial charge in [0, 0.05) is 12.5 Å². The van der Waals surface area contributed by atoms with E-state index in [1.807, 2.05) is 6.08 Å². The van der Waals surface area contributed by atoms with E-state index < -0.39 is 0 Å². The van der Waals surface area contributed by atoms with Gasteiger partial charge >= 0.3 is 0 Å². The van der Waals surface area contributed by atoms with Crippen molar-refractivity contribution in [2.24, 2.45) is 10.7 Å². The summed E-state index contributed by atoms with van der Waals surface area (Å²) in [6.07, 6.45) is 3.71. The Morgan fingerprint density at radius 3 is 3.27 bits per heavy atom. The highest BCUT2D eigenvalue weighted by Gasteiger charge is 2.14. The van der Waals surface area contributed by atoms with E-state index in [1.54, 1.807) is 0 Å². The number of aliphatic imine (C=N–C) groups is 1. The molecule has 0 saturated heterocycles. The molecule has 0 aliphatic carbocycles. The first kappa shape index (κ1) is 8.27. The van der Waals surface area contributed by atoms with Gasteiger partial charge in [-0.05, 0) is 13.0 Å². The second-order valence-corrected chi connectivity index (χ2v) is 2.70. The number of rotatable bonds is 4. The smallest absolute Gasteiger partial charge is 0.100 e. The van der Waals surface area contributed by atoms with Crippen LogP contribution in [0.25, 0.3) is 0 Å². The van der Waals surface area contributed by atoms with Crippen molar-refractivity contribution in [1.82, 2.24) is 5.32 Å². The lowest BCUT2D eigenvalue weighted by atomic mass is 10.2. The van der Waals surface area contributed by atoms with E-state index >= 15 is 0 Å². The molecule has 1 aliphatic heterocycles. The molecule has 1 rings (SSSR count). The van der Waals surface area contributed by atoms with Gasteiger partial charge in [0.1, 0.15) is 5.84 Å². The topological polar surface area (TPSA) is 50.4 Å². The summed E-state index contributed by atoms with van der Waals surface area (Å²) in [6.45, 7) is 5.26. The Labute approximate surface area is 67.4 Å². The molecule has 0 aromatic heterocycles. The molecule has 0 saturated carbocycles. The minimum Gasteiger partial charge on any atom is -0.369 e. The Kier molecular flexibility index (Phi) is 3.11. The molecule has 0 aromatic rings. The van der Waals surface area contributed by atoms with E-state index in [1.165, 1.54) is 0 Å². The van der Waals surface area contributed by atoms with Gasteiger partial charge in [0.05, 0.1) is 6.54 Å². The zero-order chi connectivity index (χ0) is 8.10. The molecule has 1 atom stereocenters. The monoisotopic (exact) mass is 153 g/mol. The first-order chi connectivity index (χ1) is 5.36. The van der Waals surface area contributed by atoms with Crippen molar-refractivity contribution in [3.05, 3.63) is 12.7 Å². The molecule has 1 aliphatic rings. The third-order valence-corrected chi connectivity index (χ3v) is 1.73. The first-order valence-electron chi connectivity index (χ1n) is 3.97. The van der Waals surface area contributed by atoms with Crippen LogP contribution in [-0.4, -0.2) is 25.0 Å². The number of nitrogens with one attached hydrogen (secondary N) is 1. The summed E-state index contributed by atoms with van der Waals surface area (Å²) in [4.78, 5) is 4.30. The highest BCUT2D eigenvalue weighted by Crippen LogP contribution is 2.01. The summed E-state index contributed by atoms with van der Waals surface area (Å²) in [6, 6.07) is 0.468. The van der Waals surface area contributed by atoms with Crippen molar-refractivity contribution in [1.29, 1.82) is 0 Å². The molecule has 3 N–H and O–H groups in total. The fourth-order valence-electron chi connectivity index (χ4n) is 1.17. The Hall–Kier alpha value is -0.830. The van der Waals surface area contributed by atoms with Gasteiger partial charge in [-0.15, -0.1) is 6.58 Å². The molecule has 0 radical (unpaired) electrons. The Balaban J connectivity index is 2.24. The van der Waals surface area contributed by atoms with Crippen LogP contribution in [0.15, 0.2) is 17.6 Å². The highest BCUT2D eigenvalue weighted by molar-refractivity contribution is 5.85. The lowest BCUT2D eigenvalue weighted by Gasteiger charge is -2.08. The third-order valence-electron chi connectivity index (χ3n) is 1.73. The van der Waals surface area contributed by atoms with Crippen LogP contribution >= 0.6 is 0 Å². The summed E-state index contributed by atoms with van der Waals surface area (Å²) in [5.74, 6) is 1.05. The molecule has 1 unspecified atom stereocenters. The van der Waals surface area contributed by atoms with E-state index in [4.69, 9.17) is 5.73 Å². The Bertz CT molecular complexity index is 163. The van der Waals surface area contributed by atoms with Gasteiger partial charge in [-0.1, -0.05) is 6.08 Å². The second kappa shape index (κ2) is 4.13. The fraction of sp³-hybridized carbons (Fsp3) is 0.625. The van der Waals surface area contributed by atoms with Crippen molar-refractivity contribution in [2.45, 2.75) is 18.9 Å². The van der Waals surface area contributed by atoms with Crippen molar-refractivity contribution in [3.63, 3.8) is 0 Å². The molecule has 3 heteroatoms. The van der Waals surface area contributed by atoms with E-state index in [9.17, 15) is 0 Å². The van der Waals surface area contributed by atoms with Gasteiger partial charge in [-0.3, -0.25) is 4.99 Å². The van der Waals surface area contributed by atoms with Crippen LogP contribution in [-0.2, 0) is 0 Å². The normalized spacial score (nSPS) is 22.6. The zero-order valence-electron chi connectivity index (χ0n) is 6.71. The van der Waals surface area contributed by atoms with E-state index in [2.05, 4.69) is 16.9 Å². The quantitative estimate of drug-likeness (QED) is 0.570. The van der Waals surface area contributed by atoms with Crippen LogP contribution in [0.4, 0.5) is 0 Å². The Morgan fingerprint density at radius 1 is 1.82 bits per heavy atom. The maximum atomic E-state index is 5.42. The number of hydrogen-bond donors (Lipinski definition) is 2. The summed E-state index contributed by atoms with van der Waals surface area (Å²) in [5.41, 5.74) is 5.42. The maximum absolute atomic E-state index is 5.42. The summed E-state index contributed by atoms with van der Waals surface area (Å²) >= 11 is 0. The predicted molar refractivity (Wildman–Crippen MR) is 47.7 cm³/mol. The van der Waals surface area contributed by atoms with E-state index in [0.29, 0.717) is 6.04 Å². The Morgan fingerprint density at radius 2 is 2.64 bits per heavy atom. The van der Waals surface area contributed by atoms with Gasteiger partial charge in [0.15, 0.2) is 0 Å². The number of amidine groups is 1. The van der Waals surface area contributed by atoms with Crippen LogP contribution < -0.4 is 11.1 Å². The molecule has 0 bridgehead atoms. The summed E-state index contributed by atoms with van der Waals surface area (Å²) in [5, 5.41) is 3.29. The van der Waals surface area contributed by atoms with Crippen LogP contribution in [0.1, 0.15) is 12.8 Å². The standard InChI is InChI=1S/C8H15N3/c1-2-3-8-10-6-7(11-8)4-5-9/h2,7H,1,3-6,9H2,(H,10,11). The molecular weight excluding hydrogens is 138 g/mol. The van der Waals surface area contributed by atoms with Crippen molar-refractivity contribution in [2.75, 3.05) is 13.1 Å². The van der Waals surface area contributed by atoms with Gasteiger partial charge in [-0.25, -0.2) is 0 Å². The SMILES string of the molecule is C=CCC1=NCC(CCN)N1. The molecule has 1 heterocycles. The molecule has 11 heavy (non-hydrogen) atoms. The minimum absolute atomic E-state index is 0.468. The first-order valence-corrected chi connectivity index (χ1v) is 3.97. The number of hydrogen-bond acceptors (Lipinski definition) is 3. The van der Waals surface area contributed by atoms with Gasteiger partial charge in [-0.2, -0.15) is 0 Å². The van der Waals surface area contributed by atoms with Crippen LogP contribution in [0.5, 0.6) is 0 Å². The third kappa shape index (κ3) is 2.35. The molecule has 0 aromatic carbocycles. The minimum atomic E-state index is 0.468. The van der Waals surface area contributed by atoms with Gasteiger partial charge in [0.25, 0.3) is 0 Å². The van der Waals surface area contributed by atoms with Crippen LogP contribution in [0, 0.1) is 0 Å². The van der Waals surface area contributed by atoms with E-state index in [-0.39, 0.29) is 0 Å². The lowest BCUT2D eigenvalue weighted by Crippen LogP contribution is -2.31. The summed E-state index contributed by atoms with van der Waals surface area (Å²) in [7, 11) is 0. The van der Waals surface area contributed by atoms with Gasteiger partial charge in [0.2, 0.25) is 0 Å². The second-order valence-electron chi connectivity index (χ2n) is 2.70. The van der Waals surface area contributed by atoms with Crippen LogP contribution in [0.3, 0.4) is 0 Å². The number of nitrogens with zero attached hydrogens (tertiary/aromatic N) is 1. The molecule has 3 nitrogen and oxygen atoms in total. The van der Waals surface area contributed by atoms with Crippen molar-refractivity contribution in [3.8, 4) is 0 Å². The average molecular weight is 153 g/mol. The lowest BCUT2D eigenvalue weighted by molar-refractivity contribution is 0.608. The largest absolute Gasteiger partial charge is 0.369 e. The number of nitrogens with two attached hydrogens (primary N) is 1. The fourth-order valence-corrected chi connectivity index (χ4v) is 1.17. The maximum Gasteiger partial charge on any atom is 0.100 e. The van der Waals surface area contributed by atoms with E-state index in [0.717, 1.165) is 31.8 Å². The molecular formula is C8H15N3. The van der Waals surface area contributed by atoms with Gasteiger partial charge < -0.3 is 11.1 Å². The highest BCUT2D eigenvalue weighted by atomic mass is 15.1. The van der Waals surface area contributed by atoms with Crippen LogP contribution in [0.2, 0.25) is 0 Å². The predicted octanol–water partition coefficient (Wildman–Crippen LogP) is 0.282.